The highest BCUT2D eigenvalue weighted by atomic mass is 16.5. The summed E-state index contributed by atoms with van der Waals surface area (Å²) in [6.07, 6.45) is 11.5. The number of amides is 6. The molecule has 6 aromatic rings. The Balaban J connectivity index is 0.000000630. The van der Waals surface area contributed by atoms with Gasteiger partial charge in [0.2, 0.25) is 0 Å². The minimum Gasteiger partial charge on any atom is -0.361 e. The Labute approximate surface area is 625 Å². The van der Waals surface area contributed by atoms with E-state index >= 15 is 0 Å². The van der Waals surface area contributed by atoms with Gasteiger partial charge in [0.25, 0.3) is 35.4 Å². The maximum Gasteiger partial charge on any atom is 0.273 e. The summed E-state index contributed by atoms with van der Waals surface area (Å²) in [6, 6.07) is 5.06. The van der Waals surface area contributed by atoms with E-state index < -0.39 is 0 Å². The third-order valence-electron chi connectivity index (χ3n) is 16.8. The summed E-state index contributed by atoms with van der Waals surface area (Å²) in [7, 11) is 12.2. The predicted octanol–water partition coefficient (Wildman–Crippen LogP) is 8.78. The smallest absolute Gasteiger partial charge is 0.273 e. The molecule has 0 aromatic carbocycles. The number of nitrogens with one attached hydrogen (secondary N) is 6. The zero-order valence-electron chi connectivity index (χ0n) is 67.7. The number of aryl methyl sites for hydroxylation is 6. The van der Waals surface area contributed by atoms with E-state index in [9.17, 15) is 28.8 Å². The van der Waals surface area contributed by atoms with Crippen LogP contribution in [0.4, 0.5) is 0 Å². The van der Waals surface area contributed by atoms with Crippen LogP contribution in [0, 0.1) is 20.8 Å². The van der Waals surface area contributed by atoms with E-state index in [-0.39, 0.29) is 35.4 Å². The number of hydrogen-bond acceptors (Lipinski definition) is 24. The van der Waals surface area contributed by atoms with E-state index in [2.05, 4.69) is 148 Å². The Bertz CT molecular complexity index is 3320. The Morgan fingerprint density at radius 2 is 0.533 bits per heavy atom. The Morgan fingerprint density at radius 3 is 0.733 bits per heavy atom. The molecule has 6 heterocycles. The number of nitrogens with zero attached hydrogens (tertiary/aromatic N) is 12. The van der Waals surface area contributed by atoms with Crippen LogP contribution in [-0.2, 0) is 38.5 Å². The van der Waals surface area contributed by atoms with Crippen molar-refractivity contribution < 1.29 is 55.9 Å². The van der Waals surface area contributed by atoms with E-state index in [1.54, 1.807) is 18.2 Å². The van der Waals surface area contributed by atoms with Crippen LogP contribution >= 0.6 is 0 Å². The van der Waals surface area contributed by atoms with Gasteiger partial charge in [-0.3, -0.25) is 28.8 Å². The van der Waals surface area contributed by atoms with Gasteiger partial charge in [0.05, 0.1) is 0 Å². The van der Waals surface area contributed by atoms with Gasteiger partial charge in [0.1, 0.15) is 34.6 Å². The summed E-state index contributed by atoms with van der Waals surface area (Å²) >= 11 is 0. The highest BCUT2D eigenvalue weighted by Crippen LogP contribution is 2.16. The minimum absolute atomic E-state index is 0.148. The highest BCUT2D eigenvalue weighted by Gasteiger charge is 2.21. The van der Waals surface area contributed by atoms with Crippen molar-refractivity contribution in [2.24, 2.45) is 0 Å². The van der Waals surface area contributed by atoms with E-state index in [1.807, 2.05) is 90.5 Å². The van der Waals surface area contributed by atoms with E-state index in [1.165, 1.54) is 25.7 Å². The molecule has 30 nitrogen and oxygen atoms in total. The summed E-state index contributed by atoms with van der Waals surface area (Å²) in [5.41, 5.74) is 4.84. The lowest BCUT2D eigenvalue weighted by molar-refractivity contribution is 0.0931. The van der Waals surface area contributed by atoms with Crippen LogP contribution in [0.1, 0.15) is 236 Å². The van der Waals surface area contributed by atoms with E-state index in [4.69, 9.17) is 27.1 Å². The zero-order chi connectivity index (χ0) is 78.7. The third kappa shape index (κ3) is 38.6. The van der Waals surface area contributed by atoms with Crippen molar-refractivity contribution in [2.45, 2.75) is 181 Å². The topological polar surface area (TPSA) is 350 Å². The van der Waals surface area contributed by atoms with Gasteiger partial charge in [-0.15, -0.1) is 0 Å². The van der Waals surface area contributed by atoms with Crippen LogP contribution in [0.5, 0.6) is 0 Å². The molecule has 30 heteroatoms. The van der Waals surface area contributed by atoms with Crippen molar-refractivity contribution in [3.8, 4) is 0 Å². The number of aromatic nitrogens is 6. The second-order valence-corrected chi connectivity index (χ2v) is 25.6. The second-order valence-electron chi connectivity index (χ2n) is 25.6. The van der Waals surface area contributed by atoms with Gasteiger partial charge in [0.15, 0.2) is 34.2 Å². The van der Waals surface area contributed by atoms with Crippen molar-refractivity contribution in [2.75, 3.05) is 160 Å². The second kappa shape index (κ2) is 56.2. The normalized spacial score (nSPS) is 10.9. The fourth-order valence-electron chi connectivity index (χ4n) is 9.56. The van der Waals surface area contributed by atoms with E-state index in [0.29, 0.717) is 73.4 Å². The van der Waals surface area contributed by atoms with Crippen LogP contribution < -0.4 is 31.9 Å². The molecule has 0 aliphatic rings. The van der Waals surface area contributed by atoms with Gasteiger partial charge in [-0.2, -0.15) is 0 Å². The summed E-state index contributed by atoms with van der Waals surface area (Å²) in [6.45, 7) is 45.2. The molecule has 0 radical (unpaired) electrons. The molecule has 6 N–H and O–H groups in total. The molecule has 594 valence electrons. The molecule has 0 saturated heterocycles. The number of carbonyl (C=O) groups excluding carboxylic acids is 6. The number of rotatable bonds is 42. The van der Waals surface area contributed by atoms with Crippen LogP contribution in [0.25, 0.3) is 0 Å². The van der Waals surface area contributed by atoms with Crippen molar-refractivity contribution >= 4 is 35.4 Å². The molecule has 0 unspecified atom stereocenters. The summed E-state index contributed by atoms with van der Waals surface area (Å²) in [4.78, 5) is 83.7. The number of unbranched alkanes of at least 4 members (excludes halogenated alkanes) is 2. The molecule has 0 aliphatic heterocycles. The fraction of sp³-hybridized carbons (Fsp3) is 0.680. The standard InChI is InChI=1S/C14H25N3O2.2C13H23N3O2.2C12H21N3O2.C11H19N3O2/c1-5-7-9-17(4)10-8-15-14(18)13-11(3)12(6-2)19-16-13;1-5-8-16(4)9-7-14-13(17)12-10(3)11(6-2)18-15-12;1-4-6-8-16(3)9-7-14-13(17)12-10-11(5-2)18-15-12;1-5-10-9(3)11(14-17-10)12(16)13-7-8-15(4)6-2;1-4-7-15(3)8-6-13-12(16)11-9-10(5-2)17-14-11;1-4-9-8-10(13-16-9)11(15)12-6-7-14(3)5-2/h5-10H2,1-4H3,(H,15,18);5-9H2,1-4H3,(H,14,17);10H,4-9H2,1-3H3,(H,14,17);5-8H2,1-4H3,(H,13,16);9H,4-8H2,1-3H3,(H,13,16);8H,4-7H2,1-3H3,(H,12,15). The average molecular weight is 1480 g/mol. The third-order valence-corrected chi connectivity index (χ3v) is 16.8. The monoisotopic (exact) mass is 1480 g/mol. The lowest BCUT2D eigenvalue weighted by Gasteiger charge is -2.15. The summed E-state index contributed by atoms with van der Waals surface area (Å²) in [5, 5.41) is 39.7. The van der Waals surface area contributed by atoms with Gasteiger partial charge in [-0.25, -0.2) is 0 Å². The van der Waals surface area contributed by atoms with Gasteiger partial charge >= 0.3 is 0 Å². The molecule has 6 rings (SSSR count). The molecular weight excluding hydrogens is 1340 g/mol. The first-order valence-corrected chi connectivity index (χ1v) is 37.8. The summed E-state index contributed by atoms with van der Waals surface area (Å²) in [5.74, 6) is 3.58. The van der Waals surface area contributed by atoms with Crippen molar-refractivity contribution in [3.05, 3.63) is 104 Å². The minimum atomic E-state index is -0.173. The predicted molar refractivity (Wildman–Crippen MR) is 410 cm³/mol. The molecule has 6 amide bonds. The molecule has 0 spiro atoms. The van der Waals surface area contributed by atoms with Crippen molar-refractivity contribution in [1.29, 1.82) is 0 Å². The zero-order valence-corrected chi connectivity index (χ0v) is 67.7. The van der Waals surface area contributed by atoms with Gasteiger partial charge in [-0.1, -0.05) is 127 Å². The molecule has 105 heavy (non-hydrogen) atoms. The highest BCUT2D eigenvalue weighted by molar-refractivity contribution is 5.95. The number of likely N-dealkylation sites (N-methyl/N-ethyl adjacent to an activating group) is 6. The van der Waals surface area contributed by atoms with Crippen LogP contribution in [0.3, 0.4) is 0 Å². The quantitative estimate of drug-likeness (QED) is 0.0208. The molecule has 0 saturated carbocycles. The lowest BCUT2D eigenvalue weighted by atomic mass is 10.2. The van der Waals surface area contributed by atoms with Gasteiger partial charge < -0.3 is 88.4 Å². The number of carbonyl (C=O) groups is 6. The Hall–Kier alpha value is -8.16. The van der Waals surface area contributed by atoms with Crippen molar-refractivity contribution in [1.82, 2.24) is 92.2 Å². The molecule has 0 aliphatic carbocycles. The summed E-state index contributed by atoms with van der Waals surface area (Å²) < 4.78 is 30.3. The maximum absolute atomic E-state index is 11.9. The van der Waals surface area contributed by atoms with Crippen LogP contribution in [0.15, 0.2) is 45.3 Å². The van der Waals surface area contributed by atoms with Crippen LogP contribution in [0.2, 0.25) is 0 Å². The first kappa shape index (κ1) is 94.9. The van der Waals surface area contributed by atoms with Crippen molar-refractivity contribution in [3.63, 3.8) is 0 Å². The average Bonchev–Trinajstić information content (AvgIpc) is 1.74. The molecule has 0 atom stereocenters. The lowest BCUT2D eigenvalue weighted by Crippen LogP contribution is -2.33. The van der Waals surface area contributed by atoms with E-state index in [0.717, 1.165) is 181 Å². The maximum atomic E-state index is 11.9. The molecule has 6 aromatic heterocycles. The molecule has 0 fully saturated rings. The largest absolute Gasteiger partial charge is 0.361 e. The Morgan fingerprint density at radius 1 is 0.295 bits per heavy atom. The first-order chi connectivity index (χ1) is 50.3. The number of hydrogen-bond donors (Lipinski definition) is 6. The van der Waals surface area contributed by atoms with Gasteiger partial charge in [0, 0.05) is 152 Å². The molecular formula is C75H132N18O12. The van der Waals surface area contributed by atoms with Gasteiger partial charge in [-0.05, 0) is 128 Å². The SMILES string of the molecule is CCCCN(C)CCNC(=O)c1cc(CC)on1.CCCCN(C)CCNC(=O)c1noc(CC)c1C.CCCN(C)CCNC(=O)c1cc(CC)on1.CCCN(C)CCNC(=O)c1noc(CC)c1C.CCc1cc(C(=O)NCCN(C)CC)no1.CCc1onc(C(=O)NCCN(C)CC)c1C. The fourth-order valence-corrected chi connectivity index (χ4v) is 9.56. The molecule has 0 bridgehead atoms. The Kier molecular flexibility index (Phi) is 50.8. The first-order valence-electron chi connectivity index (χ1n) is 37.8. The van der Waals surface area contributed by atoms with Crippen LogP contribution in [-0.4, -0.2) is 256 Å².